The third-order valence-corrected chi connectivity index (χ3v) is 4.05. The number of likely N-dealkylation sites (N-methyl/N-ethyl adjacent to an activating group) is 1. The number of aromatic nitrogens is 2. The van der Waals surface area contributed by atoms with Gasteiger partial charge in [-0.1, -0.05) is 20.8 Å². The average molecular weight is 291 g/mol. The van der Waals surface area contributed by atoms with E-state index in [-0.39, 0.29) is 5.41 Å². The van der Waals surface area contributed by atoms with E-state index in [4.69, 9.17) is 10.7 Å². The molecule has 5 heteroatoms. The molecule has 21 heavy (non-hydrogen) atoms. The van der Waals surface area contributed by atoms with Gasteiger partial charge in [-0.15, -0.1) is 0 Å². The van der Waals surface area contributed by atoms with Crippen molar-refractivity contribution in [2.24, 2.45) is 0 Å². The first kappa shape index (κ1) is 16.0. The van der Waals surface area contributed by atoms with Crippen LogP contribution in [0.5, 0.6) is 0 Å². The maximum atomic E-state index is 6.14. The van der Waals surface area contributed by atoms with Crippen LogP contribution in [0.3, 0.4) is 0 Å². The Morgan fingerprint density at radius 1 is 1.29 bits per heavy atom. The Labute approximate surface area is 128 Å². The van der Waals surface area contributed by atoms with Gasteiger partial charge in [-0.2, -0.15) is 0 Å². The maximum absolute atomic E-state index is 6.14. The van der Waals surface area contributed by atoms with Crippen molar-refractivity contribution in [3.8, 4) is 0 Å². The van der Waals surface area contributed by atoms with Gasteiger partial charge in [-0.05, 0) is 33.9 Å². The highest BCUT2D eigenvalue weighted by Gasteiger charge is 2.29. The molecule has 1 aromatic rings. The Balaban J connectivity index is 2.40. The molecule has 2 rings (SSSR count). The van der Waals surface area contributed by atoms with Crippen LogP contribution >= 0.6 is 0 Å². The molecule has 1 aliphatic heterocycles. The standard InChI is InChI=1S/C16H29N5/c1-11-13(17)18-15(16(2,3)4)19-14(11)21-9-7-8-12(21)10-20(5)6/h12H,7-10H2,1-6H3,(H2,17,18,19). The number of rotatable bonds is 3. The largest absolute Gasteiger partial charge is 0.383 e. The predicted molar refractivity (Wildman–Crippen MR) is 88.8 cm³/mol. The van der Waals surface area contributed by atoms with Gasteiger partial charge in [0.1, 0.15) is 17.5 Å². The van der Waals surface area contributed by atoms with E-state index in [9.17, 15) is 0 Å². The number of anilines is 2. The van der Waals surface area contributed by atoms with Crippen LogP contribution in [0.4, 0.5) is 11.6 Å². The molecule has 1 aromatic heterocycles. The molecule has 1 atom stereocenters. The summed E-state index contributed by atoms with van der Waals surface area (Å²) in [4.78, 5) is 14.0. The van der Waals surface area contributed by atoms with E-state index in [1.165, 1.54) is 12.8 Å². The molecule has 0 saturated carbocycles. The summed E-state index contributed by atoms with van der Waals surface area (Å²) in [6.45, 7) is 10.5. The highest BCUT2D eigenvalue weighted by atomic mass is 15.3. The lowest BCUT2D eigenvalue weighted by Gasteiger charge is -2.30. The van der Waals surface area contributed by atoms with Crippen LogP contribution < -0.4 is 10.6 Å². The Morgan fingerprint density at radius 2 is 1.95 bits per heavy atom. The van der Waals surface area contributed by atoms with Crippen LogP contribution in [0, 0.1) is 6.92 Å². The monoisotopic (exact) mass is 291 g/mol. The molecule has 5 nitrogen and oxygen atoms in total. The van der Waals surface area contributed by atoms with Crippen LogP contribution in [-0.4, -0.2) is 48.1 Å². The Morgan fingerprint density at radius 3 is 2.52 bits per heavy atom. The summed E-state index contributed by atoms with van der Waals surface area (Å²) in [6.07, 6.45) is 2.43. The first-order valence-electron chi connectivity index (χ1n) is 7.76. The molecular weight excluding hydrogens is 262 g/mol. The molecule has 0 spiro atoms. The summed E-state index contributed by atoms with van der Waals surface area (Å²) in [5, 5.41) is 0. The fraction of sp³-hybridized carbons (Fsp3) is 0.750. The van der Waals surface area contributed by atoms with Gasteiger partial charge in [0.25, 0.3) is 0 Å². The van der Waals surface area contributed by atoms with Gasteiger partial charge in [0.05, 0.1) is 0 Å². The number of hydrogen-bond acceptors (Lipinski definition) is 5. The van der Waals surface area contributed by atoms with Gasteiger partial charge in [0, 0.05) is 30.1 Å². The topological polar surface area (TPSA) is 58.3 Å². The molecular formula is C16H29N5. The third-order valence-electron chi connectivity index (χ3n) is 4.05. The van der Waals surface area contributed by atoms with Gasteiger partial charge in [0.2, 0.25) is 0 Å². The van der Waals surface area contributed by atoms with Crippen molar-refractivity contribution >= 4 is 11.6 Å². The summed E-state index contributed by atoms with van der Waals surface area (Å²) in [5.41, 5.74) is 7.06. The van der Waals surface area contributed by atoms with E-state index in [1.807, 2.05) is 6.92 Å². The molecule has 0 bridgehead atoms. The van der Waals surface area contributed by atoms with E-state index >= 15 is 0 Å². The zero-order chi connectivity index (χ0) is 15.8. The average Bonchev–Trinajstić information content (AvgIpc) is 2.78. The van der Waals surface area contributed by atoms with Crippen molar-refractivity contribution in [3.63, 3.8) is 0 Å². The molecule has 0 aromatic carbocycles. The molecule has 118 valence electrons. The smallest absolute Gasteiger partial charge is 0.138 e. The van der Waals surface area contributed by atoms with E-state index in [2.05, 4.69) is 49.7 Å². The van der Waals surface area contributed by atoms with Gasteiger partial charge in [-0.3, -0.25) is 0 Å². The van der Waals surface area contributed by atoms with Gasteiger partial charge in [-0.25, -0.2) is 9.97 Å². The number of nitrogens with zero attached hydrogens (tertiary/aromatic N) is 4. The predicted octanol–water partition coefficient (Wildman–Crippen LogP) is 2.20. The van der Waals surface area contributed by atoms with Crippen LogP contribution in [0.2, 0.25) is 0 Å². The highest BCUT2D eigenvalue weighted by molar-refractivity contribution is 5.58. The van der Waals surface area contributed by atoms with Crippen molar-refractivity contribution in [1.29, 1.82) is 0 Å². The lowest BCUT2D eigenvalue weighted by Crippen LogP contribution is -2.39. The summed E-state index contributed by atoms with van der Waals surface area (Å²) >= 11 is 0. The van der Waals surface area contributed by atoms with Gasteiger partial charge < -0.3 is 15.5 Å². The van der Waals surface area contributed by atoms with E-state index in [0.717, 1.165) is 30.3 Å². The van der Waals surface area contributed by atoms with Crippen molar-refractivity contribution in [2.75, 3.05) is 37.8 Å². The lowest BCUT2D eigenvalue weighted by molar-refractivity contribution is 0.371. The molecule has 0 amide bonds. The molecule has 1 unspecified atom stereocenters. The minimum Gasteiger partial charge on any atom is -0.383 e. The van der Waals surface area contributed by atoms with Crippen molar-refractivity contribution < 1.29 is 0 Å². The summed E-state index contributed by atoms with van der Waals surface area (Å²) in [6, 6.07) is 0.515. The Bertz CT molecular complexity index is 504. The third kappa shape index (κ3) is 3.46. The molecule has 0 aliphatic carbocycles. The zero-order valence-electron chi connectivity index (χ0n) is 14.3. The first-order valence-corrected chi connectivity index (χ1v) is 7.76. The van der Waals surface area contributed by atoms with Crippen molar-refractivity contribution in [1.82, 2.24) is 14.9 Å². The van der Waals surface area contributed by atoms with Crippen LogP contribution in [0.25, 0.3) is 0 Å². The van der Waals surface area contributed by atoms with Gasteiger partial charge in [0.15, 0.2) is 0 Å². The van der Waals surface area contributed by atoms with Crippen molar-refractivity contribution in [2.45, 2.75) is 52.0 Å². The Hall–Kier alpha value is -1.36. The molecule has 1 saturated heterocycles. The zero-order valence-corrected chi connectivity index (χ0v) is 14.3. The van der Waals surface area contributed by atoms with Crippen LogP contribution in [-0.2, 0) is 5.41 Å². The number of nitrogens with two attached hydrogens (primary N) is 1. The highest BCUT2D eigenvalue weighted by Crippen LogP contribution is 2.31. The summed E-state index contributed by atoms with van der Waals surface area (Å²) < 4.78 is 0. The maximum Gasteiger partial charge on any atom is 0.138 e. The van der Waals surface area contributed by atoms with Gasteiger partial charge >= 0.3 is 0 Å². The SMILES string of the molecule is Cc1c(N)nc(C(C)(C)C)nc1N1CCCC1CN(C)C. The first-order chi connectivity index (χ1) is 9.70. The number of hydrogen-bond donors (Lipinski definition) is 1. The minimum atomic E-state index is -0.0899. The summed E-state index contributed by atoms with van der Waals surface area (Å²) in [7, 11) is 4.25. The lowest BCUT2D eigenvalue weighted by atomic mass is 9.95. The van der Waals surface area contributed by atoms with Crippen LogP contribution in [0.1, 0.15) is 45.0 Å². The quantitative estimate of drug-likeness (QED) is 0.925. The van der Waals surface area contributed by atoms with Crippen LogP contribution in [0.15, 0.2) is 0 Å². The molecule has 1 aliphatic rings. The second-order valence-electron chi connectivity index (χ2n) is 7.38. The summed E-state index contributed by atoms with van der Waals surface area (Å²) in [5.74, 6) is 2.47. The van der Waals surface area contributed by atoms with Crippen molar-refractivity contribution in [3.05, 3.63) is 11.4 Å². The molecule has 2 N–H and O–H groups in total. The van der Waals surface area contributed by atoms with E-state index in [0.29, 0.717) is 11.9 Å². The fourth-order valence-electron chi connectivity index (χ4n) is 2.86. The molecule has 0 radical (unpaired) electrons. The second-order valence-corrected chi connectivity index (χ2v) is 7.38. The Kier molecular flexibility index (Phi) is 4.42. The number of nitrogen functional groups attached to an aromatic ring is 1. The molecule has 1 fully saturated rings. The van der Waals surface area contributed by atoms with E-state index in [1.54, 1.807) is 0 Å². The molecule has 2 heterocycles. The fourth-order valence-corrected chi connectivity index (χ4v) is 2.86. The van der Waals surface area contributed by atoms with E-state index < -0.39 is 0 Å². The minimum absolute atomic E-state index is 0.0899. The second kappa shape index (κ2) is 5.79. The normalized spacial score (nSPS) is 19.6.